The van der Waals surface area contributed by atoms with Crippen molar-refractivity contribution in [2.45, 2.75) is 12.1 Å². The van der Waals surface area contributed by atoms with Crippen molar-refractivity contribution in [3.05, 3.63) is 23.8 Å². The van der Waals surface area contributed by atoms with Crippen molar-refractivity contribution >= 4 is 0 Å². The van der Waals surface area contributed by atoms with Crippen LogP contribution in [-0.4, -0.2) is 19.4 Å². The standard InChI is InChI=1S/C8H14N2O/c1-11-8(10)4-2-7(6-9)3-5-8/h2-4H,5-6,9-10H2,1H3. The van der Waals surface area contributed by atoms with E-state index in [1.165, 1.54) is 0 Å². The first-order valence-corrected chi connectivity index (χ1v) is 3.62. The zero-order chi connectivity index (χ0) is 8.32. The largest absolute Gasteiger partial charge is 0.360 e. The van der Waals surface area contributed by atoms with Crippen LogP contribution in [-0.2, 0) is 4.74 Å². The number of rotatable bonds is 2. The molecule has 0 aliphatic heterocycles. The van der Waals surface area contributed by atoms with Crippen LogP contribution in [0.2, 0.25) is 0 Å². The number of hydrogen-bond acceptors (Lipinski definition) is 3. The van der Waals surface area contributed by atoms with Gasteiger partial charge in [0.05, 0.1) is 0 Å². The normalized spacial score (nSPS) is 30.3. The third-order valence-corrected chi connectivity index (χ3v) is 1.88. The summed E-state index contributed by atoms with van der Waals surface area (Å²) < 4.78 is 5.08. The summed E-state index contributed by atoms with van der Waals surface area (Å²) in [5.41, 5.74) is 11.7. The molecule has 1 unspecified atom stereocenters. The molecule has 0 amide bonds. The van der Waals surface area contributed by atoms with Gasteiger partial charge in [0.15, 0.2) is 0 Å². The van der Waals surface area contributed by atoms with Crippen LogP contribution < -0.4 is 11.5 Å². The van der Waals surface area contributed by atoms with Gasteiger partial charge in [-0.1, -0.05) is 12.2 Å². The van der Waals surface area contributed by atoms with Crippen LogP contribution in [0.5, 0.6) is 0 Å². The van der Waals surface area contributed by atoms with Crippen LogP contribution in [0.25, 0.3) is 0 Å². The Kier molecular flexibility index (Phi) is 2.44. The molecule has 3 heteroatoms. The lowest BCUT2D eigenvalue weighted by Gasteiger charge is -2.25. The Hall–Kier alpha value is -0.640. The summed E-state index contributed by atoms with van der Waals surface area (Å²) >= 11 is 0. The Balaban J connectivity index is 2.63. The van der Waals surface area contributed by atoms with Crippen molar-refractivity contribution < 1.29 is 4.74 Å². The predicted octanol–water partition coefficient (Wildman–Crippen LogP) is 0.133. The Morgan fingerprint density at radius 3 is 2.82 bits per heavy atom. The zero-order valence-electron chi connectivity index (χ0n) is 6.71. The molecule has 0 spiro atoms. The molecule has 62 valence electrons. The van der Waals surface area contributed by atoms with Gasteiger partial charge in [-0.2, -0.15) is 0 Å². The van der Waals surface area contributed by atoms with Gasteiger partial charge in [-0.3, -0.25) is 5.73 Å². The molecule has 1 aliphatic rings. The third kappa shape index (κ3) is 1.89. The molecule has 0 aromatic heterocycles. The molecule has 0 fully saturated rings. The third-order valence-electron chi connectivity index (χ3n) is 1.88. The molecule has 0 aromatic rings. The highest BCUT2D eigenvalue weighted by Gasteiger charge is 2.21. The van der Waals surface area contributed by atoms with Crippen molar-refractivity contribution in [1.82, 2.24) is 0 Å². The predicted molar refractivity (Wildman–Crippen MR) is 44.8 cm³/mol. The molecule has 1 atom stereocenters. The maximum atomic E-state index is 5.78. The molecule has 3 nitrogen and oxygen atoms in total. The van der Waals surface area contributed by atoms with E-state index in [-0.39, 0.29) is 0 Å². The number of hydrogen-bond donors (Lipinski definition) is 2. The fourth-order valence-electron chi connectivity index (χ4n) is 0.978. The maximum Gasteiger partial charge on any atom is 0.139 e. The summed E-state index contributed by atoms with van der Waals surface area (Å²) in [4.78, 5) is 0. The lowest BCUT2D eigenvalue weighted by atomic mass is 10.0. The maximum absolute atomic E-state index is 5.78. The van der Waals surface area contributed by atoms with Crippen molar-refractivity contribution in [3.63, 3.8) is 0 Å². The van der Waals surface area contributed by atoms with Gasteiger partial charge in [0.25, 0.3) is 0 Å². The Morgan fingerprint density at radius 1 is 1.73 bits per heavy atom. The lowest BCUT2D eigenvalue weighted by Crippen LogP contribution is -2.40. The minimum absolute atomic E-state index is 0.566. The molecular weight excluding hydrogens is 140 g/mol. The fraction of sp³-hybridized carbons (Fsp3) is 0.500. The molecule has 0 aromatic carbocycles. The monoisotopic (exact) mass is 154 g/mol. The van der Waals surface area contributed by atoms with Gasteiger partial charge >= 0.3 is 0 Å². The summed E-state index contributed by atoms with van der Waals surface area (Å²) in [6, 6.07) is 0. The molecule has 0 bridgehead atoms. The van der Waals surface area contributed by atoms with Crippen molar-refractivity contribution in [3.8, 4) is 0 Å². The van der Waals surface area contributed by atoms with Gasteiger partial charge in [0, 0.05) is 20.1 Å². The first-order chi connectivity index (χ1) is 5.20. The highest BCUT2D eigenvalue weighted by atomic mass is 16.5. The molecule has 4 N–H and O–H groups in total. The van der Waals surface area contributed by atoms with Gasteiger partial charge in [-0.25, -0.2) is 0 Å². The highest BCUT2D eigenvalue weighted by molar-refractivity contribution is 5.27. The second kappa shape index (κ2) is 3.17. The summed E-state index contributed by atoms with van der Waals surface area (Å²) in [7, 11) is 1.60. The van der Waals surface area contributed by atoms with E-state index < -0.39 is 5.72 Å². The van der Waals surface area contributed by atoms with Crippen LogP contribution >= 0.6 is 0 Å². The van der Waals surface area contributed by atoms with Gasteiger partial charge in [-0.05, 0) is 11.6 Å². The van der Waals surface area contributed by atoms with Crippen LogP contribution in [0.4, 0.5) is 0 Å². The Morgan fingerprint density at radius 2 is 2.45 bits per heavy atom. The molecule has 0 heterocycles. The van der Waals surface area contributed by atoms with Crippen molar-refractivity contribution in [1.29, 1.82) is 0 Å². The van der Waals surface area contributed by atoms with Crippen LogP contribution in [0.15, 0.2) is 23.8 Å². The fourth-order valence-corrected chi connectivity index (χ4v) is 0.978. The van der Waals surface area contributed by atoms with E-state index in [2.05, 4.69) is 0 Å². The molecule has 1 rings (SSSR count). The van der Waals surface area contributed by atoms with E-state index >= 15 is 0 Å². The van der Waals surface area contributed by atoms with Crippen LogP contribution in [0.3, 0.4) is 0 Å². The van der Waals surface area contributed by atoms with E-state index in [1.807, 2.05) is 18.2 Å². The van der Waals surface area contributed by atoms with Gasteiger partial charge < -0.3 is 10.5 Å². The second-order valence-electron chi connectivity index (χ2n) is 2.68. The summed E-state index contributed by atoms with van der Waals surface area (Å²) in [6.45, 7) is 0.566. The minimum atomic E-state index is -0.612. The molecule has 0 saturated carbocycles. The highest BCUT2D eigenvalue weighted by Crippen LogP contribution is 2.17. The zero-order valence-corrected chi connectivity index (χ0v) is 6.71. The first-order valence-electron chi connectivity index (χ1n) is 3.62. The van der Waals surface area contributed by atoms with E-state index in [0.29, 0.717) is 13.0 Å². The number of nitrogens with two attached hydrogens (primary N) is 2. The molecule has 11 heavy (non-hydrogen) atoms. The number of methoxy groups -OCH3 is 1. The summed E-state index contributed by atoms with van der Waals surface area (Å²) in [5.74, 6) is 0. The van der Waals surface area contributed by atoms with Crippen molar-refractivity contribution in [2.24, 2.45) is 11.5 Å². The van der Waals surface area contributed by atoms with E-state index in [1.54, 1.807) is 7.11 Å². The summed E-state index contributed by atoms with van der Waals surface area (Å²) in [6.07, 6.45) is 6.46. The van der Waals surface area contributed by atoms with Gasteiger partial charge in [-0.15, -0.1) is 0 Å². The minimum Gasteiger partial charge on any atom is -0.360 e. The lowest BCUT2D eigenvalue weighted by molar-refractivity contribution is 0.0393. The molecule has 1 aliphatic carbocycles. The van der Waals surface area contributed by atoms with Gasteiger partial charge in [0.2, 0.25) is 0 Å². The topological polar surface area (TPSA) is 61.3 Å². The number of ether oxygens (including phenoxy) is 1. The summed E-state index contributed by atoms with van der Waals surface area (Å²) in [5, 5.41) is 0. The van der Waals surface area contributed by atoms with Gasteiger partial charge in [0.1, 0.15) is 5.72 Å². The van der Waals surface area contributed by atoms with Crippen LogP contribution in [0.1, 0.15) is 6.42 Å². The first kappa shape index (κ1) is 8.46. The molecule has 0 saturated heterocycles. The van der Waals surface area contributed by atoms with E-state index in [4.69, 9.17) is 16.2 Å². The second-order valence-corrected chi connectivity index (χ2v) is 2.68. The SMILES string of the molecule is COC1(N)C=CC(CN)=CC1. The Labute approximate surface area is 66.7 Å². The molecule has 0 radical (unpaired) electrons. The average Bonchev–Trinajstić information content (AvgIpc) is 2.06. The van der Waals surface area contributed by atoms with E-state index in [9.17, 15) is 0 Å². The van der Waals surface area contributed by atoms with Crippen molar-refractivity contribution in [2.75, 3.05) is 13.7 Å². The molecular formula is C8H14N2O. The average molecular weight is 154 g/mol. The van der Waals surface area contributed by atoms with Crippen LogP contribution in [0, 0.1) is 0 Å². The smallest absolute Gasteiger partial charge is 0.139 e. The Bertz CT molecular complexity index is 198. The van der Waals surface area contributed by atoms with E-state index in [0.717, 1.165) is 5.57 Å². The quantitative estimate of drug-likeness (QED) is 0.556.